The first-order chi connectivity index (χ1) is 11.2. The maximum atomic E-state index is 12.1. The van der Waals surface area contributed by atoms with Gasteiger partial charge in [0.05, 0.1) is 6.54 Å². The van der Waals surface area contributed by atoms with Crippen LogP contribution < -0.4 is 10.6 Å². The summed E-state index contributed by atoms with van der Waals surface area (Å²) in [4.78, 5) is 23.7. The summed E-state index contributed by atoms with van der Waals surface area (Å²) in [7, 11) is 0. The first-order valence-electron chi connectivity index (χ1n) is 8.83. The van der Waals surface area contributed by atoms with Gasteiger partial charge in [0.1, 0.15) is 0 Å². The van der Waals surface area contributed by atoms with E-state index in [-0.39, 0.29) is 30.3 Å². The van der Waals surface area contributed by atoms with Crippen molar-refractivity contribution < 1.29 is 9.59 Å². The largest absolute Gasteiger partial charge is 0.352 e. The van der Waals surface area contributed by atoms with Gasteiger partial charge in [0.15, 0.2) is 0 Å². The fourth-order valence-corrected chi connectivity index (χ4v) is 3.47. The van der Waals surface area contributed by atoms with E-state index in [1.807, 2.05) is 6.07 Å². The highest BCUT2D eigenvalue weighted by molar-refractivity contribution is 5.86. The van der Waals surface area contributed by atoms with Gasteiger partial charge in [-0.15, -0.1) is 0 Å². The third-order valence-corrected chi connectivity index (χ3v) is 4.97. The average molecular weight is 314 g/mol. The molecule has 0 saturated heterocycles. The third kappa shape index (κ3) is 4.81. The Morgan fingerprint density at radius 2 is 1.74 bits per heavy atom. The average Bonchev–Trinajstić information content (AvgIpc) is 3.40. The van der Waals surface area contributed by atoms with E-state index < -0.39 is 0 Å². The predicted molar refractivity (Wildman–Crippen MR) is 89.8 cm³/mol. The molecule has 1 aromatic rings. The minimum atomic E-state index is -0.0519. The van der Waals surface area contributed by atoms with Crippen molar-refractivity contribution in [3.63, 3.8) is 0 Å². The Balaban J connectivity index is 1.49. The van der Waals surface area contributed by atoms with Gasteiger partial charge in [-0.2, -0.15) is 0 Å². The van der Waals surface area contributed by atoms with Crippen molar-refractivity contribution in [2.75, 3.05) is 6.54 Å². The number of rotatable bonds is 6. The second-order valence-corrected chi connectivity index (χ2v) is 6.90. The summed E-state index contributed by atoms with van der Waals surface area (Å²) >= 11 is 0. The number of benzene rings is 1. The van der Waals surface area contributed by atoms with Crippen LogP contribution in [0.5, 0.6) is 0 Å². The molecule has 124 valence electrons. The van der Waals surface area contributed by atoms with Crippen LogP contribution in [0.25, 0.3) is 0 Å². The Morgan fingerprint density at radius 1 is 1.00 bits per heavy atom. The number of carbonyl (C=O) groups excluding carboxylic acids is 2. The van der Waals surface area contributed by atoms with E-state index in [1.165, 1.54) is 18.4 Å². The van der Waals surface area contributed by atoms with E-state index in [2.05, 4.69) is 34.9 Å². The SMILES string of the molecule is O=C(CNC(=O)C1CC1)N[C@H]1CCCC[C@H]1Cc1ccccc1. The quantitative estimate of drug-likeness (QED) is 0.847. The normalized spacial score (nSPS) is 24.0. The zero-order valence-corrected chi connectivity index (χ0v) is 13.6. The van der Waals surface area contributed by atoms with Crippen molar-refractivity contribution in [2.24, 2.45) is 11.8 Å². The van der Waals surface area contributed by atoms with E-state index in [4.69, 9.17) is 0 Å². The highest BCUT2D eigenvalue weighted by atomic mass is 16.2. The Morgan fingerprint density at radius 3 is 2.48 bits per heavy atom. The maximum Gasteiger partial charge on any atom is 0.239 e. The van der Waals surface area contributed by atoms with E-state index in [1.54, 1.807) is 0 Å². The van der Waals surface area contributed by atoms with Gasteiger partial charge in [-0.3, -0.25) is 9.59 Å². The molecular formula is C19H26N2O2. The van der Waals surface area contributed by atoms with Crippen LogP contribution in [0.4, 0.5) is 0 Å². The fraction of sp³-hybridized carbons (Fsp3) is 0.579. The number of hydrogen-bond acceptors (Lipinski definition) is 2. The number of hydrogen-bond donors (Lipinski definition) is 2. The molecule has 4 nitrogen and oxygen atoms in total. The summed E-state index contributed by atoms with van der Waals surface area (Å²) in [5.74, 6) is 0.631. The molecule has 2 atom stereocenters. The van der Waals surface area contributed by atoms with Gasteiger partial charge in [0.2, 0.25) is 11.8 Å². The van der Waals surface area contributed by atoms with Crippen molar-refractivity contribution in [1.29, 1.82) is 0 Å². The highest BCUT2D eigenvalue weighted by Crippen LogP contribution is 2.29. The highest BCUT2D eigenvalue weighted by Gasteiger charge is 2.30. The monoisotopic (exact) mass is 314 g/mol. The van der Waals surface area contributed by atoms with Gasteiger partial charge < -0.3 is 10.6 Å². The second-order valence-electron chi connectivity index (χ2n) is 6.90. The maximum absolute atomic E-state index is 12.1. The van der Waals surface area contributed by atoms with Gasteiger partial charge in [0.25, 0.3) is 0 Å². The molecule has 1 aromatic carbocycles. The lowest BCUT2D eigenvalue weighted by atomic mass is 9.80. The van der Waals surface area contributed by atoms with Gasteiger partial charge in [-0.25, -0.2) is 0 Å². The lowest BCUT2D eigenvalue weighted by molar-refractivity contribution is -0.127. The van der Waals surface area contributed by atoms with Crippen LogP contribution in [0, 0.1) is 11.8 Å². The Labute approximate surface area is 138 Å². The smallest absolute Gasteiger partial charge is 0.239 e. The van der Waals surface area contributed by atoms with Crippen LogP contribution >= 0.6 is 0 Å². The Hall–Kier alpha value is -1.84. The molecule has 2 amide bonds. The first-order valence-corrected chi connectivity index (χ1v) is 8.83. The molecule has 0 unspecified atom stereocenters. The van der Waals surface area contributed by atoms with Crippen molar-refractivity contribution in [1.82, 2.24) is 10.6 Å². The van der Waals surface area contributed by atoms with Crippen LogP contribution in [0.3, 0.4) is 0 Å². The molecule has 0 aliphatic heterocycles. The Kier molecular flexibility index (Phi) is 5.31. The molecule has 2 N–H and O–H groups in total. The lowest BCUT2D eigenvalue weighted by Gasteiger charge is -2.32. The molecule has 4 heteroatoms. The van der Waals surface area contributed by atoms with Crippen LogP contribution in [0.15, 0.2) is 30.3 Å². The molecule has 2 fully saturated rings. The van der Waals surface area contributed by atoms with Gasteiger partial charge in [-0.05, 0) is 43.6 Å². The zero-order chi connectivity index (χ0) is 16.1. The van der Waals surface area contributed by atoms with Crippen molar-refractivity contribution in [3.05, 3.63) is 35.9 Å². The predicted octanol–water partition coefficient (Wildman–Crippen LogP) is 2.43. The molecule has 2 aliphatic rings. The third-order valence-electron chi connectivity index (χ3n) is 4.97. The molecule has 0 bridgehead atoms. The summed E-state index contributed by atoms with van der Waals surface area (Å²) < 4.78 is 0. The Bertz CT molecular complexity index is 540. The number of carbonyl (C=O) groups is 2. The molecule has 2 saturated carbocycles. The molecule has 0 spiro atoms. The van der Waals surface area contributed by atoms with E-state index in [9.17, 15) is 9.59 Å². The van der Waals surface area contributed by atoms with E-state index >= 15 is 0 Å². The summed E-state index contributed by atoms with van der Waals surface area (Å²) in [5, 5.41) is 5.90. The van der Waals surface area contributed by atoms with Gasteiger partial charge in [0, 0.05) is 12.0 Å². The standard InChI is InChI=1S/C19H26N2O2/c22-18(13-20-19(23)15-10-11-15)21-17-9-5-4-8-16(17)12-14-6-2-1-3-7-14/h1-3,6-7,15-17H,4-5,8-13H2,(H,20,23)(H,21,22)/t16-,17-/m0/s1. The van der Waals surface area contributed by atoms with Crippen LogP contribution in [-0.4, -0.2) is 24.4 Å². The fourth-order valence-electron chi connectivity index (χ4n) is 3.47. The topological polar surface area (TPSA) is 58.2 Å². The lowest BCUT2D eigenvalue weighted by Crippen LogP contribution is -2.47. The zero-order valence-electron chi connectivity index (χ0n) is 13.6. The van der Waals surface area contributed by atoms with Crippen LogP contribution in [0.2, 0.25) is 0 Å². The molecule has 0 radical (unpaired) electrons. The van der Waals surface area contributed by atoms with Crippen LogP contribution in [-0.2, 0) is 16.0 Å². The van der Waals surface area contributed by atoms with Gasteiger partial charge >= 0.3 is 0 Å². The number of amides is 2. The molecule has 0 aromatic heterocycles. The van der Waals surface area contributed by atoms with Crippen molar-refractivity contribution in [2.45, 2.75) is 51.0 Å². The van der Waals surface area contributed by atoms with Gasteiger partial charge in [-0.1, -0.05) is 43.2 Å². The minimum absolute atomic E-state index is 0.0321. The molecule has 2 aliphatic carbocycles. The van der Waals surface area contributed by atoms with Crippen molar-refractivity contribution >= 4 is 11.8 Å². The van der Waals surface area contributed by atoms with E-state index in [0.717, 1.165) is 32.1 Å². The molecule has 3 rings (SSSR count). The van der Waals surface area contributed by atoms with E-state index in [0.29, 0.717) is 5.92 Å². The number of nitrogens with one attached hydrogen (secondary N) is 2. The molecule has 0 heterocycles. The minimum Gasteiger partial charge on any atom is -0.352 e. The summed E-state index contributed by atoms with van der Waals surface area (Å²) in [6.07, 6.45) is 7.56. The van der Waals surface area contributed by atoms with Crippen molar-refractivity contribution in [3.8, 4) is 0 Å². The molecule has 23 heavy (non-hydrogen) atoms. The second kappa shape index (κ2) is 7.62. The molecular weight excluding hydrogens is 288 g/mol. The summed E-state index contributed by atoms with van der Waals surface area (Å²) in [6.45, 7) is 0.115. The van der Waals surface area contributed by atoms with Crippen LogP contribution in [0.1, 0.15) is 44.1 Å². The summed E-state index contributed by atoms with van der Waals surface area (Å²) in [6, 6.07) is 10.7. The summed E-state index contributed by atoms with van der Waals surface area (Å²) in [5.41, 5.74) is 1.33. The first kappa shape index (κ1) is 16.0.